The number of hydrogen-bond acceptors (Lipinski definition) is 4. The van der Waals surface area contributed by atoms with E-state index in [4.69, 9.17) is 0 Å². The molecule has 23 heavy (non-hydrogen) atoms. The lowest BCUT2D eigenvalue weighted by atomic mass is 10.3. The fraction of sp³-hybridized carbons (Fsp3) is 0.0625. The van der Waals surface area contributed by atoms with E-state index in [0.29, 0.717) is 5.82 Å². The lowest BCUT2D eigenvalue weighted by molar-refractivity contribution is -0.115. The monoisotopic (exact) mass is 323 g/mol. The molecule has 114 valence electrons. The molecule has 0 unspecified atom stereocenters. The Morgan fingerprint density at radius 3 is 2.91 bits per heavy atom. The van der Waals surface area contributed by atoms with Crippen LogP contribution in [-0.2, 0) is 11.2 Å². The van der Waals surface area contributed by atoms with Crippen molar-refractivity contribution in [3.05, 3.63) is 66.1 Å². The smallest absolute Gasteiger partial charge is 0.231 e. The zero-order valence-corrected chi connectivity index (χ0v) is 12.9. The van der Waals surface area contributed by atoms with Crippen LogP contribution in [-0.4, -0.2) is 25.1 Å². The van der Waals surface area contributed by atoms with Gasteiger partial charge < -0.3 is 5.32 Å². The highest BCUT2D eigenvalue weighted by molar-refractivity contribution is 7.15. The van der Waals surface area contributed by atoms with Crippen molar-refractivity contribution in [1.82, 2.24) is 19.2 Å². The van der Waals surface area contributed by atoms with Gasteiger partial charge in [0.15, 0.2) is 4.96 Å². The number of para-hydroxylation sites is 1. The highest BCUT2D eigenvalue weighted by Crippen LogP contribution is 2.15. The normalized spacial score (nSPS) is 11.0. The van der Waals surface area contributed by atoms with Crippen LogP contribution in [0.2, 0.25) is 0 Å². The number of benzene rings is 1. The maximum Gasteiger partial charge on any atom is 0.231 e. The van der Waals surface area contributed by atoms with Crippen molar-refractivity contribution in [3.63, 3.8) is 0 Å². The maximum atomic E-state index is 12.3. The van der Waals surface area contributed by atoms with Crippen LogP contribution in [0.5, 0.6) is 0 Å². The van der Waals surface area contributed by atoms with Gasteiger partial charge in [-0.05, 0) is 12.1 Å². The molecule has 7 heteroatoms. The largest absolute Gasteiger partial charge is 0.310 e. The molecular weight excluding hydrogens is 310 g/mol. The number of carbonyl (C=O) groups excluding carboxylic acids is 1. The first-order chi connectivity index (χ1) is 11.3. The lowest BCUT2D eigenvalue weighted by Crippen LogP contribution is -2.17. The van der Waals surface area contributed by atoms with Gasteiger partial charge in [-0.2, -0.15) is 5.10 Å². The SMILES string of the molecule is O=C(Cc1cn2ccsc2n1)Nc1ccnn1-c1ccccc1. The minimum Gasteiger partial charge on any atom is -0.310 e. The van der Waals surface area contributed by atoms with Crippen LogP contribution in [0.1, 0.15) is 5.69 Å². The number of aromatic nitrogens is 4. The topological polar surface area (TPSA) is 64.2 Å². The summed E-state index contributed by atoms with van der Waals surface area (Å²) in [5.41, 5.74) is 1.65. The number of thiazole rings is 1. The van der Waals surface area contributed by atoms with Crippen LogP contribution >= 0.6 is 11.3 Å². The number of rotatable bonds is 4. The molecule has 0 aliphatic heterocycles. The maximum absolute atomic E-state index is 12.3. The summed E-state index contributed by atoms with van der Waals surface area (Å²) in [6.07, 6.45) is 5.70. The number of amides is 1. The first-order valence-electron chi connectivity index (χ1n) is 7.10. The molecule has 0 bridgehead atoms. The second-order valence-corrected chi connectivity index (χ2v) is 5.89. The average Bonchev–Trinajstić information content (AvgIpc) is 3.24. The zero-order chi connectivity index (χ0) is 15.6. The van der Waals surface area contributed by atoms with Crippen LogP contribution < -0.4 is 5.32 Å². The number of nitrogens with one attached hydrogen (secondary N) is 1. The molecule has 0 fully saturated rings. The van der Waals surface area contributed by atoms with Crippen LogP contribution in [0.4, 0.5) is 5.82 Å². The third-order valence-electron chi connectivity index (χ3n) is 3.40. The summed E-state index contributed by atoms with van der Waals surface area (Å²) in [6, 6.07) is 11.4. The molecule has 0 radical (unpaired) electrons. The van der Waals surface area contributed by atoms with Crippen molar-refractivity contribution in [2.24, 2.45) is 0 Å². The number of fused-ring (bicyclic) bond motifs is 1. The summed E-state index contributed by atoms with van der Waals surface area (Å²) in [5.74, 6) is 0.524. The van der Waals surface area contributed by atoms with Crippen molar-refractivity contribution in [1.29, 1.82) is 0 Å². The van der Waals surface area contributed by atoms with Gasteiger partial charge in [0.2, 0.25) is 5.91 Å². The van der Waals surface area contributed by atoms with E-state index in [-0.39, 0.29) is 12.3 Å². The molecule has 0 aliphatic rings. The van der Waals surface area contributed by atoms with Crippen LogP contribution in [0.15, 0.2) is 60.4 Å². The van der Waals surface area contributed by atoms with Gasteiger partial charge in [0.05, 0.1) is 24.0 Å². The van der Waals surface area contributed by atoms with Crippen LogP contribution in [0, 0.1) is 0 Å². The lowest BCUT2D eigenvalue weighted by Gasteiger charge is -2.08. The molecule has 4 aromatic rings. The van der Waals surface area contributed by atoms with Crippen molar-refractivity contribution in [2.75, 3.05) is 5.32 Å². The minimum atomic E-state index is -0.117. The number of anilines is 1. The Hall–Kier alpha value is -2.93. The van der Waals surface area contributed by atoms with Gasteiger partial charge in [-0.15, -0.1) is 11.3 Å². The van der Waals surface area contributed by atoms with Crippen molar-refractivity contribution in [3.8, 4) is 5.69 Å². The molecule has 0 saturated carbocycles. The predicted molar refractivity (Wildman–Crippen MR) is 89.0 cm³/mol. The van der Waals surface area contributed by atoms with E-state index in [9.17, 15) is 4.79 Å². The Labute approximate surface area is 136 Å². The summed E-state index contributed by atoms with van der Waals surface area (Å²) in [4.78, 5) is 17.6. The number of hydrogen-bond donors (Lipinski definition) is 1. The van der Waals surface area contributed by atoms with Crippen molar-refractivity contribution in [2.45, 2.75) is 6.42 Å². The molecule has 0 aliphatic carbocycles. The van der Waals surface area contributed by atoms with Gasteiger partial charge in [0.25, 0.3) is 0 Å². The molecule has 1 amide bonds. The zero-order valence-electron chi connectivity index (χ0n) is 12.1. The quantitative estimate of drug-likeness (QED) is 0.628. The van der Waals surface area contributed by atoms with Gasteiger partial charge >= 0.3 is 0 Å². The fourth-order valence-electron chi connectivity index (χ4n) is 2.39. The van der Waals surface area contributed by atoms with Gasteiger partial charge in [-0.1, -0.05) is 18.2 Å². The molecule has 0 spiro atoms. The number of carbonyl (C=O) groups is 1. The van der Waals surface area contributed by atoms with E-state index in [0.717, 1.165) is 16.3 Å². The van der Waals surface area contributed by atoms with Gasteiger partial charge in [0.1, 0.15) is 5.82 Å². The summed E-state index contributed by atoms with van der Waals surface area (Å²) in [5, 5.41) is 9.11. The molecule has 4 rings (SSSR count). The fourth-order valence-corrected chi connectivity index (χ4v) is 3.10. The van der Waals surface area contributed by atoms with Crippen molar-refractivity contribution >= 4 is 28.0 Å². The second-order valence-electron chi connectivity index (χ2n) is 5.01. The van der Waals surface area contributed by atoms with Gasteiger partial charge in [0, 0.05) is 23.8 Å². The molecule has 3 heterocycles. The van der Waals surface area contributed by atoms with E-state index in [2.05, 4.69) is 15.4 Å². The molecule has 6 nitrogen and oxygen atoms in total. The Kier molecular flexibility index (Phi) is 3.39. The molecule has 3 aromatic heterocycles. The van der Waals surface area contributed by atoms with E-state index in [1.54, 1.807) is 28.3 Å². The van der Waals surface area contributed by atoms with E-state index in [1.807, 2.05) is 52.5 Å². The Bertz CT molecular complexity index is 925. The standard InChI is InChI=1S/C16H13N5OS/c22-15(10-12-11-20-8-9-23-16(20)18-12)19-14-6-7-17-21(14)13-4-2-1-3-5-13/h1-9,11H,10H2,(H,19,22). The molecular formula is C16H13N5OS. The molecule has 1 aromatic carbocycles. The van der Waals surface area contributed by atoms with Crippen molar-refractivity contribution < 1.29 is 4.79 Å². The predicted octanol–water partition coefficient (Wildman–Crippen LogP) is 2.76. The third kappa shape index (κ3) is 2.74. The Morgan fingerprint density at radius 1 is 1.22 bits per heavy atom. The molecule has 1 N–H and O–H groups in total. The summed E-state index contributed by atoms with van der Waals surface area (Å²) < 4.78 is 3.62. The first kappa shape index (κ1) is 13.7. The minimum absolute atomic E-state index is 0.117. The Morgan fingerprint density at radius 2 is 2.09 bits per heavy atom. The summed E-state index contributed by atoms with van der Waals surface area (Å²) in [6.45, 7) is 0. The van der Waals surface area contributed by atoms with Crippen LogP contribution in [0.3, 0.4) is 0 Å². The second kappa shape index (κ2) is 5.69. The summed E-state index contributed by atoms with van der Waals surface area (Å²) in [7, 11) is 0. The van der Waals surface area contributed by atoms with Gasteiger partial charge in [-0.25, -0.2) is 9.67 Å². The highest BCUT2D eigenvalue weighted by Gasteiger charge is 2.11. The summed E-state index contributed by atoms with van der Waals surface area (Å²) >= 11 is 1.55. The van der Waals surface area contributed by atoms with E-state index < -0.39 is 0 Å². The Balaban J connectivity index is 1.51. The third-order valence-corrected chi connectivity index (χ3v) is 4.17. The number of nitrogens with zero attached hydrogens (tertiary/aromatic N) is 4. The number of imidazole rings is 1. The first-order valence-corrected chi connectivity index (χ1v) is 7.98. The van der Waals surface area contributed by atoms with Gasteiger partial charge in [-0.3, -0.25) is 9.20 Å². The average molecular weight is 323 g/mol. The molecule has 0 atom stereocenters. The molecule has 0 saturated heterocycles. The van der Waals surface area contributed by atoms with E-state index in [1.165, 1.54) is 0 Å². The van der Waals surface area contributed by atoms with Crippen LogP contribution in [0.25, 0.3) is 10.6 Å². The van der Waals surface area contributed by atoms with E-state index >= 15 is 0 Å². The highest BCUT2D eigenvalue weighted by atomic mass is 32.1.